The van der Waals surface area contributed by atoms with Crippen molar-refractivity contribution in [1.29, 1.82) is 0 Å². The molecule has 0 saturated carbocycles. The molecule has 2 atom stereocenters. The number of aromatic amines is 1. The summed E-state index contributed by atoms with van der Waals surface area (Å²) in [5.74, 6) is -0.275. The van der Waals surface area contributed by atoms with Crippen LogP contribution in [-0.2, 0) is 11.2 Å². The minimum Gasteiger partial charge on any atom is -0.370 e. The van der Waals surface area contributed by atoms with Gasteiger partial charge in [0.05, 0.1) is 5.69 Å². The van der Waals surface area contributed by atoms with Crippen LogP contribution in [0.15, 0.2) is 6.07 Å². The van der Waals surface area contributed by atoms with E-state index in [9.17, 15) is 4.79 Å². The van der Waals surface area contributed by atoms with Gasteiger partial charge in [-0.3, -0.25) is 9.89 Å². The average Bonchev–Trinajstić information content (AvgIpc) is 2.48. The first-order valence-electron chi connectivity index (χ1n) is 5.52. The zero-order valence-corrected chi connectivity index (χ0v) is 10.1. The Balaban J connectivity index is 2.35. The topological polar surface area (TPSA) is 83.8 Å². The number of H-pyrrole nitrogens is 1. The van der Waals surface area contributed by atoms with Crippen molar-refractivity contribution in [3.63, 3.8) is 0 Å². The zero-order valence-electron chi connectivity index (χ0n) is 10.1. The third-order valence-electron chi connectivity index (χ3n) is 2.35. The lowest BCUT2D eigenvalue weighted by Gasteiger charge is -2.17. The smallest absolute Gasteiger partial charge is 0.218 e. The van der Waals surface area contributed by atoms with E-state index in [1.165, 1.54) is 0 Å². The number of carbonyl (C=O) groups is 1. The van der Waals surface area contributed by atoms with Crippen LogP contribution in [0.25, 0.3) is 0 Å². The molecule has 0 aliphatic rings. The van der Waals surface area contributed by atoms with E-state index >= 15 is 0 Å². The second-order valence-corrected chi connectivity index (χ2v) is 4.39. The predicted octanol–water partition coefficient (Wildman–Crippen LogP) is 0.503. The average molecular weight is 224 g/mol. The zero-order chi connectivity index (χ0) is 12.1. The number of nitrogens with one attached hydrogen (secondary N) is 2. The van der Waals surface area contributed by atoms with Crippen molar-refractivity contribution in [2.45, 2.75) is 45.7 Å². The quantitative estimate of drug-likeness (QED) is 0.658. The van der Waals surface area contributed by atoms with Crippen LogP contribution in [0.2, 0.25) is 0 Å². The normalized spacial score (nSPS) is 14.7. The predicted molar refractivity (Wildman–Crippen MR) is 62.9 cm³/mol. The molecule has 0 bridgehead atoms. The number of nitrogens with two attached hydrogens (primary N) is 1. The van der Waals surface area contributed by atoms with Gasteiger partial charge in [0, 0.05) is 30.6 Å². The molecule has 16 heavy (non-hydrogen) atoms. The van der Waals surface area contributed by atoms with Gasteiger partial charge in [-0.05, 0) is 26.8 Å². The molecule has 0 aliphatic heterocycles. The number of carbonyl (C=O) groups excluding carboxylic acids is 1. The second-order valence-electron chi connectivity index (χ2n) is 4.39. The molecule has 1 rings (SSSR count). The number of aryl methyl sites for hydroxylation is 1. The summed E-state index contributed by atoms with van der Waals surface area (Å²) in [6.07, 6.45) is 1.21. The number of primary amides is 1. The highest BCUT2D eigenvalue weighted by Crippen LogP contribution is 2.03. The highest BCUT2D eigenvalue weighted by atomic mass is 16.1. The number of hydrogen-bond donors (Lipinski definition) is 3. The van der Waals surface area contributed by atoms with E-state index in [2.05, 4.69) is 22.4 Å². The first-order valence-corrected chi connectivity index (χ1v) is 5.52. The maximum absolute atomic E-state index is 10.7. The summed E-state index contributed by atoms with van der Waals surface area (Å²) in [7, 11) is 0. The molecule has 0 fully saturated rings. The maximum atomic E-state index is 10.7. The molecular weight excluding hydrogens is 204 g/mol. The number of amides is 1. The Labute approximate surface area is 95.8 Å². The molecule has 1 aromatic rings. The summed E-state index contributed by atoms with van der Waals surface area (Å²) < 4.78 is 0. The van der Waals surface area contributed by atoms with Crippen molar-refractivity contribution in [3.05, 3.63) is 17.5 Å². The van der Waals surface area contributed by atoms with Crippen molar-refractivity contribution in [3.8, 4) is 0 Å². The van der Waals surface area contributed by atoms with E-state index in [0.717, 1.165) is 17.8 Å². The standard InChI is InChI=1S/C11H20N4O/c1-7(13-8(2)6-11(12)16)4-10-5-9(3)14-15-10/h5,7-8,13H,4,6H2,1-3H3,(H2,12,16)(H,14,15). The Kier molecular flexibility index (Phi) is 4.49. The monoisotopic (exact) mass is 224 g/mol. The highest BCUT2D eigenvalue weighted by Gasteiger charge is 2.11. The van der Waals surface area contributed by atoms with Crippen LogP contribution in [0, 0.1) is 6.92 Å². The first-order chi connectivity index (χ1) is 7.47. The SMILES string of the molecule is Cc1cc(CC(C)NC(C)CC(N)=O)n[nH]1. The van der Waals surface area contributed by atoms with Gasteiger partial charge >= 0.3 is 0 Å². The van der Waals surface area contributed by atoms with Gasteiger partial charge in [0.2, 0.25) is 5.91 Å². The van der Waals surface area contributed by atoms with Crippen molar-refractivity contribution >= 4 is 5.91 Å². The molecule has 1 aromatic heterocycles. The van der Waals surface area contributed by atoms with Gasteiger partial charge in [0.1, 0.15) is 0 Å². The molecule has 1 amide bonds. The first kappa shape index (κ1) is 12.7. The van der Waals surface area contributed by atoms with Gasteiger partial charge in [-0.1, -0.05) is 0 Å². The van der Waals surface area contributed by atoms with Crippen molar-refractivity contribution in [1.82, 2.24) is 15.5 Å². The van der Waals surface area contributed by atoms with E-state index in [0.29, 0.717) is 6.42 Å². The summed E-state index contributed by atoms with van der Waals surface area (Å²) in [6, 6.07) is 2.40. The molecule has 4 N–H and O–H groups in total. The Morgan fingerprint density at radius 1 is 1.56 bits per heavy atom. The lowest BCUT2D eigenvalue weighted by molar-refractivity contribution is -0.118. The molecule has 0 aromatic carbocycles. The molecule has 5 nitrogen and oxygen atoms in total. The largest absolute Gasteiger partial charge is 0.370 e. The van der Waals surface area contributed by atoms with Crippen molar-refractivity contribution < 1.29 is 4.79 Å². The van der Waals surface area contributed by atoms with Crippen molar-refractivity contribution in [2.75, 3.05) is 0 Å². The Morgan fingerprint density at radius 2 is 2.25 bits per heavy atom. The van der Waals surface area contributed by atoms with Gasteiger partial charge < -0.3 is 11.1 Å². The minimum absolute atomic E-state index is 0.104. The maximum Gasteiger partial charge on any atom is 0.218 e. The number of nitrogens with zero attached hydrogens (tertiary/aromatic N) is 1. The van der Waals surface area contributed by atoms with Gasteiger partial charge in [0.25, 0.3) is 0 Å². The number of aromatic nitrogens is 2. The summed E-state index contributed by atoms with van der Waals surface area (Å²) in [6.45, 7) is 6.00. The van der Waals surface area contributed by atoms with E-state index < -0.39 is 0 Å². The molecule has 0 spiro atoms. The highest BCUT2D eigenvalue weighted by molar-refractivity contribution is 5.74. The summed E-state index contributed by atoms with van der Waals surface area (Å²) in [5, 5.41) is 10.4. The summed E-state index contributed by atoms with van der Waals surface area (Å²) in [4.78, 5) is 10.7. The Morgan fingerprint density at radius 3 is 2.75 bits per heavy atom. The van der Waals surface area contributed by atoms with Gasteiger partial charge in [-0.2, -0.15) is 5.10 Å². The fourth-order valence-corrected chi connectivity index (χ4v) is 1.80. The van der Waals surface area contributed by atoms with Crippen LogP contribution < -0.4 is 11.1 Å². The van der Waals surface area contributed by atoms with E-state index in [1.807, 2.05) is 19.9 Å². The van der Waals surface area contributed by atoms with E-state index in [1.54, 1.807) is 0 Å². The molecule has 2 unspecified atom stereocenters. The van der Waals surface area contributed by atoms with Crippen LogP contribution in [0.1, 0.15) is 31.7 Å². The lowest BCUT2D eigenvalue weighted by Crippen LogP contribution is -2.38. The van der Waals surface area contributed by atoms with Crippen LogP contribution in [0.4, 0.5) is 0 Å². The fourth-order valence-electron chi connectivity index (χ4n) is 1.80. The Bertz CT molecular complexity index is 348. The van der Waals surface area contributed by atoms with Crippen LogP contribution in [0.5, 0.6) is 0 Å². The van der Waals surface area contributed by atoms with Gasteiger partial charge in [-0.15, -0.1) is 0 Å². The molecule has 5 heteroatoms. The Hall–Kier alpha value is -1.36. The third-order valence-corrected chi connectivity index (χ3v) is 2.35. The van der Waals surface area contributed by atoms with E-state index in [-0.39, 0.29) is 18.0 Å². The molecule has 0 aliphatic carbocycles. The molecule has 1 heterocycles. The van der Waals surface area contributed by atoms with Crippen LogP contribution >= 0.6 is 0 Å². The summed E-state index contributed by atoms with van der Waals surface area (Å²) in [5.41, 5.74) is 7.22. The number of hydrogen-bond acceptors (Lipinski definition) is 3. The number of rotatable bonds is 6. The van der Waals surface area contributed by atoms with E-state index in [4.69, 9.17) is 5.73 Å². The summed E-state index contributed by atoms with van der Waals surface area (Å²) >= 11 is 0. The second kappa shape index (κ2) is 5.65. The molecular formula is C11H20N4O. The van der Waals surface area contributed by atoms with Crippen molar-refractivity contribution in [2.24, 2.45) is 5.73 Å². The minimum atomic E-state index is -0.275. The lowest BCUT2D eigenvalue weighted by atomic mass is 10.1. The molecule has 0 radical (unpaired) electrons. The van der Waals surface area contributed by atoms with Gasteiger partial charge in [-0.25, -0.2) is 0 Å². The fraction of sp³-hybridized carbons (Fsp3) is 0.636. The molecule has 90 valence electrons. The van der Waals surface area contributed by atoms with Crippen LogP contribution in [-0.4, -0.2) is 28.2 Å². The molecule has 0 saturated heterocycles. The van der Waals surface area contributed by atoms with Crippen LogP contribution in [0.3, 0.4) is 0 Å². The third kappa shape index (κ3) is 4.44. The van der Waals surface area contributed by atoms with Gasteiger partial charge in [0.15, 0.2) is 0 Å².